The van der Waals surface area contributed by atoms with Crippen LogP contribution >= 0.6 is 0 Å². The van der Waals surface area contributed by atoms with Crippen molar-refractivity contribution in [3.8, 4) is 22.6 Å². The summed E-state index contributed by atoms with van der Waals surface area (Å²) in [6.07, 6.45) is 0. The Kier molecular flexibility index (Phi) is 8.30. The summed E-state index contributed by atoms with van der Waals surface area (Å²) >= 11 is 0. The van der Waals surface area contributed by atoms with Gasteiger partial charge < -0.3 is 9.47 Å². The molecule has 2 N–H and O–H groups in total. The molecule has 4 aromatic carbocycles. The minimum atomic E-state index is -4.10. The first kappa shape index (κ1) is 29.8. The number of hydrogen-bond acceptors (Lipinski definition) is 10. The van der Waals surface area contributed by atoms with E-state index in [9.17, 15) is 37.1 Å². The van der Waals surface area contributed by atoms with Crippen molar-refractivity contribution in [2.75, 3.05) is 23.7 Å². The molecule has 0 aliphatic heterocycles. The van der Waals surface area contributed by atoms with Gasteiger partial charge in [-0.25, -0.2) is 16.8 Å². The average Bonchev–Trinajstić information content (AvgIpc) is 2.97. The first-order chi connectivity index (χ1) is 19.8. The standard InChI is InChI=1S/C26H22N4O10S2/c1-39-25-15-17(3-13-23(25)27-41(35,36)21-9-5-19(6-10-21)29(31)32)18-4-14-24(26(16-18)40-2)28-42(37,38)22-11-7-20(8-12-22)30(33)34/h3-16,27-28H,1-2H3. The third kappa shape index (κ3) is 6.39. The predicted octanol–water partition coefficient (Wildman–Crippen LogP) is 4.79. The number of rotatable bonds is 11. The Bertz CT molecular complexity index is 1740. The summed E-state index contributed by atoms with van der Waals surface area (Å²) in [5.41, 5.74) is 0.868. The lowest BCUT2D eigenvalue weighted by molar-refractivity contribution is -0.385. The number of sulfonamides is 2. The Balaban J connectivity index is 1.59. The summed E-state index contributed by atoms with van der Waals surface area (Å²) in [7, 11) is -5.51. The number of anilines is 2. The second-order valence-electron chi connectivity index (χ2n) is 8.54. The lowest BCUT2D eigenvalue weighted by Gasteiger charge is -2.15. The van der Waals surface area contributed by atoms with Crippen LogP contribution in [0.3, 0.4) is 0 Å². The number of non-ortho nitro benzene ring substituents is 2. The van der Waals surface area contributed by atoms with E-state index in [1.165, 1.54) is 26.4 Å². The number of hydrogen-bond donors (Lipinski definition) is 2. The summed E-state index contributed by atoms with van der Waals surface area (Å²) in [6.45, 7) is 0. The van der Waals surface area contributed by atoms with Gasteiger partial charge in [0, 0.05) is 24.3 Å². The third-order valence-corrected chi connectivity index (χ3v) is 8.70. The summed E-state index contributed by atoms with van der Waals surface area (Å²) in [5.74, 6) is 0.333. The molecule has 0 bridgehead atoms. The maximum absolute atomic E-state index is 12.9. The molecule has 42 heavy (non-hydrogen) atoms. The van der Waals surface area contributed by atoms with Crippen LogP contribution in [0.25, 0.3) is 11.1 Å². The lowest BCUT2D eigenvalue weighted by Crippen LogP contribution is -2.14. The van der Waals surface area contributed by atoms with Crippen LogP contribution in [0.15, 0.2) is 94.7 Å². The van der Waals surface area contributed by atoms with E-state index in [1.54, 1.807) is 24.3 Å². The summed E-state index contributed by atoms with van der Waals surface area (Å²) in [5, 5.41) is 21.7. The van der Waals surface area contributed by atoms with Gasteiger partial charge in [-0.3, -0.25) is 29.7 Å². The van der Waals surface area contributed by atoms with Crippen molar-refractivity contribution < 1.29 is 36.2 Å². The van der Waals surface area contributed by atoms with Crippen LogP contribution in [0, 0.1) is 20.2 Å². The highest BCUT2D eigenvalue weighted by Crippen LogP contribution is 2.36. The molecule has 0 fully saturated rings. The Morgan fingerprint density at radius 1 is 0.571 bits per heavy atom. The summed E-state index contributed by atoms with van der Waals surface area (Å²) < 4.78 is 67.0. The van der Waals surface area contributed by atoms with Gasteiger partial charge in [0.25, 0.3) is 31.4 Å². The van der Waals surface area contributed by atoms with Crippen LogP contribution in [0.1, 0.15) is 0 Å². The quantitative estimate of drug-likeness (QED) is 0.175. The second kappa shape index (κ2) is 11.7. The summed E-state index contributed by atoms with van der Waals surface area (Å²) in [6, 6.07) is 18.0. The van der Waals surface area contributed by atoms with Crippen molar-refractivity contribution >= 4 is 42.8 Å². The fourth-order valence-electron chi connectivity index (χ4n) is 3.81. The zero-order valence-corrected chi connectivity index (χ0v) is 23.5. The molecule has 218 valence electrons. The third-order valence-electron chi connectivity index (χ3n) is 5.94. The zero-order chi connectivity index (χ0) is 30.7. The molecule has 0 saturated heterocycles. The number of methoxy groups -OCH3 is 2. The van der Waals surface area contributed by atoms with Crippen LogP contribution in [-0.4, -0.2) is 40.9 Å². The first-order valence-electron chi connectivity index (χ1n) is 11.8. The molecular formula is C26H22N4O10S2. The molecule has 0 spiro atoms. The predicted molar refractivity (Wildman–Crippen MR) is 153 cm³/mol. The van der Waals surface area contributed by atoms with Crippen molar-refractivity contribution in [1.29, 1.82) is 0 Å². The average molecular weight is 615 g/mol. The van der Waals surface area contributed by atoms with Gasteiger partial charge in [-0.1, -0.05) is 12.1 Å². The molecule has 0 unspecified atom stereocenters. The SMILES string of the molecule is COc1cc(-c2ccc(NS(=O)(=O)c3ccc([N+](=O)[O-])cc3)c(OC)c2)ccc1NS(=O)(=O)c1ccc([N+](=O)[O-])cc1. The number of nitro benzene ring substituents is 2. The molecule has 4 aromatic rings. The number of nitro groups is 2. The number of nitrogens with one attached hydrogen (secondary N) is 2. The zero-order valence-electron chi connectivity index (χ0n) is 21.9. The van der Waals surface area contributed by atoms with Crippen molar-refractivity contribution in [2.24, 2.45) is 0 Å². The van der Waals surface area contributed by atoms with Crippen molar-refractivity contribution in [3.63, 3.8) is 0 Å². The van der Waals surface area contributed by atoms with E-state index in [-0.39, 0.29) is 44.0 Å². The summed E-state index contributed by atoms with van der Waals surface area (Å²) in [4.78, 5) is 20.1. The molecule has 0 saturated carbocycles. The maximum atomic E-state index is 12.9. The number of nitrogens with zero attached hydrogens (tertiary/aromatic N) is 2. The minimum Gasteiger partial charge on any atom is -0.495 e. The van der Waals surface area contributed by atoms with Crippen LogP contribution in [-0.2, 0) is 20.0 Å². The van der Waals surface area contributed by atoms with E-state index < -0.39 is 29.9 Å². The molecule has 0 radical (unpaired) electrons. The Morgan fingerprint density at radius 2 is 0.905 bits per heavy atom. The molecular weight excluding hydrogens is 592 g/mol. The highest BCUT2D eigenvalue weighted by molar-refractivity contribution is 7.93. The van der Waals surface area contributed by atoms with Gasteiger partial charge in [0.2, 0.25) is 0 Å². The Hall–Kier alpha value is -5.22. The van der Waals surface area contributed by atoms with Crippen molar-refractivity contribution in [1.82, 2.24) is 0 Å². The highest BCUT2D eigenvalue weighted by atomic mass is 32.2. The molecule has 16 heteroatoms. The first-order valence-corrected chi connectivity index (χ1v) is 14.7. The molecule has 0 heterocycles. The van der Waals surface area contributed by atoms with Gasteiger partial charge in [-0.05, 0) is 59.7 Å². The van der Waals surface area contributed by atoms with Crippen LogP contribution in [0.2, 0.25) is 0 Å². The van der Waals surface area contributed by atoms with Gasteiger partial charge in [0.15, 0.2) is 0 Å². The van der Waals surface area contributed by atoms with Crippen molar-refractivity contribution in [2.45, 2.75) is 9.79 Å². The molecule has 0 atom stereocenters. The van der Waals surface area contributed by atoms with E-state index in [0.29, 0.717) is 11.1 Å². The molecule has 0 aromatic heterocycles. The molecule has 0 amide bonds. The molecule has 0 aliphatic rings. The van der Waals surface area contributed by atoms with Gasteiger partial charge in [-0.2, -0.15) is 0 Å². The second-order valence-corrected chi connectivity index (χ2v) is 11.9. The largest absolute Gasteiger partial charge is 0.495 e. The van der Waals surface area contributed by atoms with Crippen LogP contribution in [0.5, 0.6) is 11.5 Å². The smallest absolute Gasteiger partial charge is 0.269 e. The molecule has 4 rings (SSSR count). The Morgan fingerprint density at radius 3 is 1.19 bits per heavy atom. The monoisotopic (exact) mass is 614 g/mol. The Labute approximate surface area is 239 Å². The van der Waals surface area contributed by atoms with Crippen molar-refractivity contribution in [3.05, 3.63) is 105 Å². The van der Waals surface area contributed by atoms with Gasteiger partial charge in [0.05, 0.1) is 45.2 Å². The fourth-order valence-corrected chi connectivity index (χ4v) is 5.95. The topological polar surface area (TPSA) is 197 Å². The minimum absolute atomic E-state index is 0.110. The number of ether oxygens (including phenoxy) is 2. The van der Waals surface area contributed by atoms with E-state index in [1.807, 2.05) is 0 Å². The highest BCUT2D eigenvalue weighted by Gasteiger charge is 2.21. The lowest BCUT2D eigenvalue weighted by atomic mass is 10.0. The van der Waals surface area contributed by atoms with E-state index in [0.717, 1.165) is 48.5 Å². The normalized spacial score (nSPS) is 11.4. The molecule has 14 nitrogen and oxygen atoms in total. The fraction of sp³-hybridized carbons (Fsp3) is 0.0769. The maximum Gasteiger partial charge on any atom is 0.269 e. The molecule has 0 aliphatic carbocycles. The van der Waals surface area contributed by atoms with Crippen LogP contribution in [0.4, 0.5) is 22.7 Å². The van der Waals surface area contributed by atoms with Gasteiger partial charge >= 0.3 is 0 Å². The van der Waals surface area contributed by atoms with Gasteiger partial charge in [0.1, 0.15) is 11.5 Å². The van der Waals surface area contributed by atoms with E-state index in [4.69, 9.17) is 9.47 Å². The van der Waals surface area contributed by atoms with Gasteiger partial charge in [-0.15, -0.1) is 0 Å². The van der Waals surface area contributed by atoms with Crippen LogP contribution < -0.4 is 18.9 Å². The van der Waals surface area contributed by atoms with E-state index >= 15 is 0 Å². The number of benzene rings is 4. The van der Waals surface area contributed by atoms with E-state index in [2.05, 4.69) is 9.44 Å².